The molecule has 0 saturated heterocycles. The number of hydrogen-bond acceptors (Lipinski definition) is 3. The average Bonchev–Trinajstić information content (AvgIpc) is 2.43. The zero-order valence-electron chi connectivity index (χ0n) is 12.6. The van der Waals surface area contributed by atoms with E-state index in [0.29, 0.717) is 6.04 Å². The molecule has 0 radical (unpaired) electrons. The van der Waals surface area contributed by atoms with Crippen LogP contribution in [0.3, 0.4) is 0 Å². The highest BCUT2D eigenvalue weighted by molar-refractivity contribution is 5.19. The molecule has 0 aromatic heterocycles. The predicted octanol–water partition coefficient (Wildman–Crippen LogP) is 2.43. The molecule has 3 heteroatoms. The van der Waals surface area contributed by atoms with Crippen molar-refractivity contribution in [1.82, 2.24) is 10.2 Å². The van der Waals surface area contributed by atoms with Crippen LogP contribution in [0, 0.1) is 0 Å². The van der Waals surface area contributed by atoms with E-state index in [1.165, 1.54) is 5.56 Å². The SMILES string of the molecule is CCN(CC)C(CNC(C)C(C)O)c1ccccc1. The van der Waals surface area contributed by atoms with Gasteiger partial charge in [-0.15, -0.1) is 0 Å². The Balaban J connectivity index is 2.76. The summed E-state index contributed by atoms with van der Waals surface area (Å²) in [6, 6.07) is 11.1. The van der Waals surface area contributed by atoms with Crippen LogP contribution in [-0.2, 0) is 0 Å². The first-order chi connectivity index (χ1) is 9.10. The molecule has 2 N–H and O–H groups in total. The van der Waals surface area contributed by atoms with Crippen molar-refractivity contribution in [2.75, 3.05) is 19.6 Å². The largest absolute Gasteiger partial charge is 0.392 e. The zero-order valence-corrected chi connectivity index (χ0v) is 12.6. The summed E-state index contributed by atoms with van der Waals surface area (Å²) in [6.45, 7) is 11.1. The van der Waals surface area contributed by atoms with Crippen molar-refractivity contribution in [2.24, 2.45) is 0 Å². The molecule has 0 heterocycles. The first kappa shape index (κ1) is 16.2. The van der Waals surface area contributed by atoms with Crippen molar-refractivity contribution < 1.29 is 5.11 Å². The molecule has 0 aliphatic heterocycles. The fraction of sp³-hybridized carbons (Fsp3) is 0.625. The summed E-state index contributed by atoms with van der Waals surface area (Å²) in [7, 11) is 0. The molecular formula is C16H28N2O. The van der Waals surface area contributed by atoms with Gasteiger partial charge in [0.05, 0.1) is 6.10 Å². The summed E-state index contributed by atoms with van der Waals surface area (Å²) in [5, 5.41) is 13.0. The zero-order chi connectivity index (χ0) is 14.3. The van der Waals surface area contributed by atoms with Gasteiger partial charge in [-0.2, -0.15) is 0 Å². The Labute approximate surface area is 117 Å². The third-order valence-electron chi connectivity index (χ3n) is 3.79. The number of rotatable bonds is 8. The highest BCUT2D eigenvalue weighted by Crippen LogP contribution is 2.19. The van der Waals surface area contributed by atoms with Crippen LogP contribution in [0.5, 0.6) is 0 Å². The fourth-order valence-electron chi connectivity index (χ4n) is 2.27. The summed E-state index contributed by atoms with van der Waals surface area (Å²) in [6.07, 6.45) is -0.326. The van der Waals surface area contributed by atoms with Gasteiger partial charge in [0.25, 0.3) is 0 Å². The summed E-state index contributed by atoms with van der Waals surface area (Å²) >= 11 is 0. The van der Waals surface area contributed by atoms with E-state index in [0.717, 1.165) is 19.6 Å². The predicted molar refractivity (Wildman–Crippen MR) is 81.2 cm³/mol. The third-order valence-corrected chi connectivity index (χ3v) is 3.79. The average molecular weight is 264 g/mol. The molecule has 0 fully saturated rings. The van der Waals surface area contributed by atoms with Crippen LogP contribution in [0.15, 0.2) is 30.3 Å². The summed E-state index contributed by atoms with van der Waals surface area (Å²) in [5.74, 6) is 0. The van der Waals surface area contributed by atoms with E-state index in [1.807, 2.05) is 13.8 Å². The van der Waals surface area contributed by atoms with E-state index in [4.69, 9.17) is 0 Å². The van der Waals surface area contributed by atoms with Crippen molar-refractivity contribution in [3.8, 4) is 0 Å². The van der Waals surface area contributed by atoms with Crippen molar-refractivity contribution in [3.63, 3.8) is 0 Å². The summed E-state index contributed by atoms with van der Waals surface area (Å²) < 4.78 is 0. The monoisotopic (exact) mass is 264 g/mol. The van der Waals surface area contributed by atoms with Crippen LogP contribution in [0.4, 0.5) is 0 Å². The maximum atomic E-state index is 9.58. The minimum atomic E-state index is -0.326. The number of likely N-dealkylation sites (N-methyl/N-ethyl adjacent to an activating group) is 1. The molecule has 1 aromatic rings. The van der Waals surface area contributed by atoms with Gasteiger partial charge >= 0.3 is 0 Å². The van der Waals surface area contributed by atoms with E-state index in [1.54, 1.807) is 0 Å². The molecule has 0 aliphatic carbocycles. The second kappa shape index (κ2) is 8.31. The highest BCUT2D eigenvalue weighted by atomic mass is 16.3. The van der Waals surface area contributed by atoms with E-state index in [-0.39, 0.29) is 12.1 Å². The molecule has 19 heavy (non-hydrogen) atoms. The molecule has 0 bridgehead atoms. The lowest BCUT2D eigenvalue weighted by Crippen LogP contribution is -2.42. The van der Waals surface area contributed by atoms with Crippen molar-refractivity contribution in [1.29, 1.82) is 0 Å². The molecule has 0 saturated carbocycles. The number of aliphatic hydroxyl groups excluding tert-OH is 1. The molecular weight excluding hydrogens is 236 g/mol. The second-order valence-corrected chi connectivity index (χ2v) is 5.09. The molecule has 1 aromatic carbocycles. The highest BCUT2D eigenvalue weighted by Gasteiger charge is 2.19. The van der Waals surface area contributed by atoms with E-state index < -0.39 is 0 Å². The number of nitrogens with one attached hydrogen (secondary N) is 1. The first-order valence-corrected chi connectivity index (χ1v) is 7.30. The molecule has 0 amide bonds. The molecule has 1 rings (SSSR count). The Morgan fingerprint density at radius 1 is 1.11 bits per heavy atom. The Morgan fingerprint density at radius 3 is 2.16 bits per heavy atom. The molecule has 3 nitrogen and oxygen atoms in total. The van der Waals surface area contributed by atoms with E-state index in [9.17, 15) is 5.11 Å². The second-order valence-electron chi connectivity index (χ2n) is 5.09. The fourth-order valence-corrected chi connectivity index (χ4v) is 2.27. The third kappa shape index (κ3) is 4.94. The van der Waals surface area contributed by atoms with E-state index in [2.05, 4.69) is 54.4 Å². The molecule has 3 unspecified atom stereocenters. The van der Waals surface area contributed by atoms with Gasteiger partial charge in [-0.25, -0.2) is 0 Å². The van der Waals surface area contributed by atoms with Gasteiger partial charge in [0.2, 0.25) is 0 Å². The van der Waals surface area contributed by atoms with Crippen LogP contribution in [0.1, 0.15) is 39.3 Å². The molecule has 108 valence electrons. The van der Waals surface area contributed by atoms with Crippen LogP contribution in [0.25, 0.3) is 0 Å². The number of hydrogen-bond donors (Lipinski definition) is 2. The molecule has 3 atom stereocenters. The van der Waals surface area contributed by atoms with Crippen molar-refractivity contribution >= 4 is 0 Å². The summed E-state index contributed by atoms with van der Waals surface area (Å²) in [4.78, 5) is 2.44. The normalized spacial score (nSPS) is 16.3. The maximum Gasteiger partial charge on any atom is 0.0662 e. The lowest BCUT2D eigenvalue weighted by Gasteiger charge is -2.32. The Morgan fingerprint density at radius 2 is 1.68 bits per heavy atom. The standard InChI is InChI=1S/C16H28N2O/c1-5-18(6-2)16(12-17-13(3)14(4)19)15-10-8-7-9-11-15/h7-11,13-14,16-17,19H,5-6,12H2,1-4H3. The summed E-state index contributed by atoms with van der Waals surface area (Å²) in [5.41, 5.74) is 1.33. The lowest BCUT2D eigenvalue weighted by molar-refractivity contribution is 0.140. The maximum absolute atomic E-state index is 9.58. The molecule has 0 spiro atoms. The van der Waals surface area contributed by atoms with Gasteiger partial charge in [-0.05, 0) is 32.5 Å². The van der Waals surface area contributed by atoms with Gasteiger partial charge in [-0.3, -0.25) is 4.90 Å². The van der Waals surface area contributed by atoms with Crippen LogP contribution >= 0.6 is 0 Å². The van der Waals surface area contributed by atoms with Gasteiger partial charge in [-0.1, -0.05) is 44.2 Å². The quantitative estimate of drug-likeness (QED) is 0.757. The minimum Gasteiger partial charge on any atom is -0.392 e. The van der Waals surface area contributed by atoms with Crippen molar-refractivity contribution in [3.05, 3.63) is 35.9 Å². The lowest BCUT2D eigenvalue weighted by atomic mass is 10.0. The Kier molecular flexibility index (Phi) is 7.06. The Bertz CT molecular complexity index is 336. The smallest absolute Gasteiger partial charge is 0.0662 e. The van der Waals surface area contributed by atoms with Crippen LogP contribution in [-0.4, -0.2) is 41.8 Å². The number of nitrogens with zero attached hydrogens (tertiary/aromatic N) is 1. The minimum absolute atomic E-state index is 0.113. The van der Waals surface area contributed by atoms with Gasteiger partial charge in [0, 0.05) is 18.6 Å². The van der Waals surface area contributed by atoms with Gasteiger partial charge in [0.15, 0.2) is 0 Å². The number of aliphatic hydroxyl groups is 1. The van der Waals surface area contributed by atoms with Gasteiger partial charge in [0.1, 0.15) is 0 Å². The van der Waals surface area contributed by atoms with E-state index >= 15 is 0 Å². The van der Waals surface area contributed by atoms with Gasteiger partial charge < -0.3 is 10.4 Å². The first-order valence-electron chi connectivity index (χ1n) is 7.30. The van der Waals surface area contributed by atoms with Crippen LogP contribution < -0.4 is 5.32 Å². The Hall–Kier alpha value is -0.900. The topological polar surface area (TPSA) is 35.5 Å². The number of benzene rings is 1. The van der Waals surface area contributed by atoms with Crippen LogP contribution in [0.2, 0.25) is 0 Å². The molecule has 0 aliphatic rings. The van der Waals surface area contributed by atoms with Crippen molar-refractivity contribution in [2.45, 2.75) is 45.9 Å².